The van der Waals surface area contributed by atoms with E-state index in [9.17, 15) is 4.79 Å². The van der Waals surface area contributed by atoms with Crippen LogP contribution in [-0.4, -0.2) is 24.3 Å². The number of carboxylic acids is 1. The van der Waals surface area contributed by atoms with Crippen molar-refractivity contribution in [2.45, 2.75) is 33.1 Å². The van der Waals surface area contributed by atoms with Gasteiger partial charge in [0.05, 0.1) is 5.92 Å². The van der Waals surface area contributed by atoms with Gasteiger partial charge in [-0.3, -0.25) is 4.79 Å². The third-order valence-electron chi connectivity index (χ3n) is 1.70. The molecule has 0 aliphatic rings. The average molecular weight is 174 g/mol. The van der Waals surface area contributed by atoms with E-state index in [0.29, 0.717) is 13.0 Å². The maximum Gasteiger partial charge on any atom is 0.306 e. The third kappa shape index (κ3) is 6.16. The maximum atomic E-state index is 10.4. The number of rotatable bonds is 7. The Bertz CT molecular complexity index is 123. The lowest BCUT2D eigenvalue weighted by atomic mass is 10.1. The number of hydrogen-bond donors (Lipinski definition) is 1. The van der Waals surface area contributed by atoms with E-state index in [1.165, 1.54) is 0 Å². The van der Waals surface area contributed by atoms with Gasteiger partial charge < -0.3 is 9.84 Å². The molecule has 0 aromatic carbocycles. The smallest absolute Gasteiger partial charge is 0.306 e. The summed E-state index contributed by atoms with van der Waals surface area (Å²) in [6.07, 6.45) is 2.57. The van der Waals surface area contributed by atoms with Gasteiger partial charge in [-0.25, -0.2) is 0 Å². The van der Waals surface area contributed by atoms with Crippen LogP contribution in [0.4, 0.5) is 0 Å². The summed E-state index contributed by atoms with van der Waals surface area (Å²) in [5, 5.41) is 8.54. The molecule has 0 amide bonds. The molecule has 0 bridgehead atoms. The summed E-state index contributed by atoms with van der Waals surface area (Å²) < 4.78 is 5.22. The predicted octanol–water partition coefficient (Wildman–Crippen LogP) is 1.91. The first-order valence-electron chi connectivity index (χ1n) is 4.49. The van der Waals surface area contributed by atoms with Gasteiger partial charge in [0.15, 0.2) is 0 Å². The van der Waals surface area contributed by atoms with Crippen LogP contribution < -0.4 is 0 Å². The standard InChI is InChI=1S/C9H18O3/c1-3-6-12-7-4-5-8(2)9(10)11/h8H,3-7H2,1-2H3,(H,10,11). The number of hydrogen-bond acceptors (Lipinski definition) is 2. The molecular formula is C9H18O3. The van der Waals surface area contributed by atoms with E-state index >= 15 is 0 Å². The molecule has 3 nitrogen and oxygen atoms in total. The van der Waals surface area contributed by atoms with E-state index in [1.807, 2.05) is 0 Å². The molecule has 0 spiro atoms. The van der Waals surface area contributed by atoms with E-state index in [4.69, 9.17) is 9.84 Å². The Labute approximate surface area is 73.7 Å². The lowest BCUT2D eigenvalue weighted by Crippen LogP contribution is -2.10. The van der Waals surface area contributed by atoms with E-state index in [0.717, 1.165) is 19.4 Å². The predicted molar refractivity (Wildman–Crippen MR) is 47.1 cm³/mol. The fourth-order valence-corrected chi connectivity index (χ4v) is 0.861. The number of aliphatic carboxylic acids is 1. The minimum Gasteiger partial charge on any atom is -0.481 e. The monoisotopic (exact) mass is 174 g/mol. The molecule has 0 aromatic rings. The van der Waals surface area contributed by atoms with Gasteiger partial charge in [0.1, 0.15) is 0 Å². The van der Waals surface area contributed by atoms with E-state index in [2.05, 4.69) is 6.92 Å². The summed E-state index contributed by atoms with van der Waals surface area (Å²) in [4.78, 5) is 10.4. The molecule has 0 fully saturated rings. The summed E-state index contributed by atoms with van der Waals surface area (Å²) in [6, 6.07) is 0. The number of carbonyl (C=O) groups is 1. The Kier molecular flexibility index (Phi) is 6.76. The molecule has 0 aliphatic carbocycles. The van der Waals surface area contributed by atoms with Gasteiger partial charge in [0.25, 0.3) is 0 Å². The van der Waals surface area contributed by atoms with Gasteiger partial charge in [-0.15, -0.1) is 0 Å². The lowest BCUT2D eigenvalue weighted by molar-refractivity contribution is -0.141. The Hall–Kier alpha value is -0.570. The minimum atomic E-state index is -0.717. The zero-order chi connectivity index (χ0) is 9.40. The molecule has 0 saturated heterocycles. The molecule has 0 rings (SSSR count). The van der Waals surface area contributed by atoms with Crippen molar-refractivity contribution in [1.29, 1.82) is 0 Å². The number of carboxylic acid groups (broad SMARTS) is 1. The molecule has 0 radical (unpaired) electrons. The summed E-state index contributed by atoms with van der Waals surface area (Å²) in [7, 11) is 0. The highest BCUT2D eigenvalue weighted by molar-refractivity contribution is 5.69. The van der Waals surface area contributed by atoms with Crippen LogP contribution in [0.3, 0.4) is 0 Å². The van der Waals surface area contributed by atoms with Crippen LogP contribution >= 0.6 is 0 Å². The molecule has 72 valence electrons. The van der Waals surface area contributed by atoms with Crippen molar-refractivity contribution in [3.8, 4) is 0 Å². The highest BCUT2D eigenvalue weighted by Crippen LogP contribution is 2.05. The average Bonchev–Trinajstić information content (AvgIpc) is 2.03. The summed E-state index contributed by atoms with van der Waals surface area (Å²) in [6.45, 7) is 5.24. The van der Waals surface area contributed by atoms with E-state index in [1.54, 1.807) is 6.92 Å². The molecule has 1 atom stereocenters. The van der Waals surface area contributed by atoms with Crippen molar-refractivity contribution in [2.75, 3.05) is 13.2 Å². The second kappa shape index (κ2) is 7.10. The number of ether oxygens (including phenoxy) is 1. The highest BCUT2D eigenvalue weighted by Gasteiger charge is 2.09. The first-order valence-corrected chi connectivity index (χ1v) is 4.49. The molecule has 1 N–H and O–H groups in total. The summed E-state index contributed by atoms with van der Waals surface area (Å²) in [5.74, 6) is -0.958. The van der Waals surface area contributed by atoms with Crippen LogP contribution in [0, 0.1) is 5.92 Å². The maximum absolute atomic E-state index is 10.4. The molecule has 0 heterocycles. The quantitative estimate of drug-likeness (QED) is 0.600. The van der Waals surface area contributed by atoms with Crippen molar-refractivity contribution in [1.82, 2.24) is 0 Å². The van der Waals surface area contributed by atoms with Crippen molar-refractivity contribution in [3.05, 3.63) is 0 Å². The fraction of sp³-hybridized carbons (Fsp3) is 0.889. The van der Waals surface area contributed by atoms with Gasteiger partial charge in [-0.2, -0.15) is 0 Å². The normalized spacial score (nSPS) is 12.8. The van der Waals surface area contributed by atoms with E-state index < -0.39 is 5.97 Å². The van der Waals surface area contributed by atoms with Crippen LogP contribution in [-0.2, 0) is 9.53 Å². The largest absolute Gasteiger partial charge is 0.481 e. The van der Waals surface area contributed by atoms with Gasteiger partial charge in [0.2, 0.25) is 0 Å². The fourth-order valence-electron chi connectivity index (χ4n) is 0.861. The van der Waals surface area contributed by atoms with Crippen molar-refractivity contribution >= 4 is 5.97 Å². The SMILES string of the molecule is CCCOCCCC(C)C(=O)O. The third-order valence-corrected chi connectivity index (χ3v) is 1.70. The Morgan fingerprint density at radius 2 is 2.17 bits per heavy atom. The van der Waals surface area contributed by atoms with Crippen LogP contribution in [0.2, 0.25) is 0 Å². The Morgan fingerprint density at radius 1 is 1.50 bits per heavy atom. The first-order chi connectivity index (χ1) is 5.68. The topological polar surface area (TPSA) is 46.5 Å². The molecule has 0 aromatic heterocycles. The van der Waals surface area contributed by atoms with Crippen LogP contribution in [0.15, 0.2) is 0 Å². The summed E-state index contributed by atoms with van der Waals surface area (Å²) >= 11 is 0. The second-order valence-corrected chi connectivity index (χ2v) is 2.99. The van der Waals surface area contributed by atoms with Gasteiger partial charge in [0, 0.05) is 13.2 Å². The molecule has 0 aliphatic heterocycles. The van der Waals surface area contributed by atoms with Crippen LogP contribution in [0.5, 0.6) is 0 Å². The molecular weight excluding hydrogens is 156 g/mol. The second-order valence-electron chi connectivity index (χ2n) is 2.99. The van der Waals surface area contributed by atoms with Crippen LogP contribution in [0.1, 0.15) is 33.1 Å². The van der Waals surface area contributed by atoms with Gasteiger partial charge >= 0.3 is 5.97 Å². The minimum absolute atomic E-state index is 0.241. The van der Waals surface area contributed by atoms with Gasteiger partial charge in [-0.05, 0) is 19.3 Å². The van der Waals surface area contributed by atoms with Crippen molar-refractivity contribution in [2.24, 2.45) is 5.92 Å². The summed E-state index contributed by atoms with van der Waals surface area (Å²) in [5.41, 5.74) is 0. The van der Waals surface area contributed by atoms with Gasteiger partial charge in [-0.1, -0.05) is 13.8 Å². The molecule has 0 saturated carbocycles. The van der Waals surface area contributed by atoms with Crippen molar-refractivity contribution < 1.29 is 14.6 Å². The zero-order valence-electron chi connectivity index (χ0n) is 7.88. The van der Waals surface area contributed by atoms with E-state index in [-0.39, 0.29) is 5.92 Å². The Balaban J connectivity index is 3.14. The Morgan fingerprint density at radius 3 is 2.67 bits per heavy atom. The van der Waals surface area contributed by atoms with Crippen LogP contribution in [0.25, 0.3) is 0 Å². The van der Waals surface area contributed by atoms with Crippen molar-refractivity contribution in [3.63, 3.8) is 0 Å². The first kappa shape index (κ1) is 11.4. The molecule has 12 heavy (non-hydrogen) atoms. The lowest BCUT2D eigenvalue weighted by Gasteiger charge is -2.05. The molecule has 3 heteroatoms. The molecule has 1 unspecified atom stereocenters. The zero-order valence-corrected chi connectivity index (χ0v) is 7.88. The highest BCUT2D eigenvalue weighted by atomic mass is 16.5.